The van der Waals surface area contributed by atoms with Crippen LogP contribution in [0.25, 0.3) is 17.0 Å². The fourth-order valence-corrected chi connectivity index (χ4v) is 3.08. The van der Waals surface area contributed by atoms with E-state index in [2.05, 4.69) is 54.6 Å². The van der Waals surface area contributed by atoms with Crippen LogP contribution in [0.1, 0.15) is 5.69 Å². The molecular weight excluding hydrogens is 376 g/mol. The Morgan fingerprint density at radius 3 is 3.07 bits per heavy atom. The summed E-state index contributed by atoms with van der Waals surface area (Å²) in [5.41, 5.74) is 1.96. The molecule has 0 bridgehead atoms. The first-order valence-corrected chi connectivity index (χ1v) is 8.65. The standard InChI is InChI=1S/C8H6BrIN3P/c1-2-6-5-3-8(9)11-4-7(5)13(12-6)14-10/h2-4,14H,1H2. The highest BCUT2D eigenvalue weighted by molar-refractivity contribution is 14.2. The van der Waals surface area contributed by atoms with E-state index in [1.54, 1.807) is 6.08 Å². The lowest BCUT2D eigenvalue weighted by Gasteiger charge is -1.95. The van der Waals surface area contributed by atoms with E-state index in [-0.39, 0.29) is 0 Å². The lowest BCUT2D eigenvalue weighted by molar-refractivity contribution is 1.03. The third kappa shape index (κ3) is 1.73. The average molecular weight is 382 g/mol. The monoisotopic (exact) mass is 381 g/mol. The molecule has 0 aromatic carbocycles. The second-order valence-corrected chi connectivity index (χ2v) is 5.46. The molecule has 3 nitrogen and oxygen atoms in total. The summed E-state index contributed by atoms with van der Waals surface area (Å²) in [7, 11) is 0. The van der Waals surface area contributed by atoms with Crippen molar-refractivity contribution < 1.29 is 0 Å². The van der Waals surface area contributed by atoms with Crippen LogP contribution in [-0.2, 0) is 0 Å². The number of nitrogens with zero attached hydrogens (tertiary/aromatic N) is 3. The van der Waals surface area contributed by atoms with Gasteiger partial charge in [0.2, 0.25) is 0 Å². The molecule has 2 aromatic heterocycles. The zero-order valence-corrected chi connectivity index (χ0v) is 11.8. The van der Waals surface area contributed by atoms with E-state index in [9.17, 15) is 0 Å². The van der Waals surface area contributed by atoms with Crippen molar-refractivity contribution >= 4 is 61.3 Å². The molecule has 1 unspecified atom stereocenters. The topological polar surface area (TPSA) is 30.7 Å². The minimum Gasteiger partial charge on any atom is -0.247 e. The molecule has 2 heterocycles. The Hall–Kier alpha value is -0.000000000000000111. The van der Waals surface area contributed by atoms with Gasteiger partial charge < -0.3 is 0 Å². The minimum absolute atomic E-state index is 0.577. The van der Waals surface area contributed by atoms with E-state index in [4.69, 9.17) is 0 Å². The number of hydrogen-bond acceptors (Lipinski definition) is 2. The molecular formula is C8H6BrIN3P. The van der Waals surface area contributed by atoms with Crippen LogP contribution in [0.4, 0.5) is 0 Å². The normalized spacial score (nSPS) is 11.6. The largest absolute Gasteiger partial charge is 0.247 e. The Kier molecular flexibility index (Phi) is 3.19. The molecule has 0 fully saturated rings. The van der Waals surface area contributed by atoms with Crippen molar-refractivity contribution in [3.8, 4) is 0 Å². The van der Waals surface area contributed by atoms with Gasteiger partial charge in [-0.15, -0.1) is 0 Å². The molecule has 0 spiro atoms. The fraction of sp³-hybridized carbons (Fsp3) is 0. The van der Waals surface area contributed by atoms with Gasteiger partial charge in [-0.2, -0.15) is 5.10 Å². The van der Waals surface area contributed by atoms with Crippen molar-refractivity contribution in [2.45, 2.75) is 0 Å². The van der Waals surface area contributed by atoms with Gasteiger partial charge in [0.05, 0.1) is 23.8 Å². The highest BCUT2D eigenvalue weighted by atomic mass is 127. The quantitative estimate of drug-likeness (QED) is 0.452. The van der Waals surface area contributed by atoms with Gasteiger partial charge in [0.25, 0.3) is 0 Å². The second kappa shape index (κ2) is 4.24. The molecule has 0 aliphatic carbocycles. The zero-order chi connectivity index (χ0) is 10.1. The molecule has 14 heavy (non-hydrogen) atoms. The van der Waals surface area contributed by atoms with Crippen LogP contribution in [0.5, 0.6) is 0 Å². The highest BCUT2D eigenvalue weighted by Gasteiger charge is 2.08. The first-order chi connectivity index (χ1) is 6.76. The minimum atomic E-state index is 0.577. The fourth-order valence-electron chi connectivity index (χ4n) is 1.23. The van der Waals surface area contributed by atoms with Gasteiger partial charge in [-0.05, 0) is 50.1 Å². The Labute approximate surface area is 104 Å². The molecule has 0 saturated carbocycles. The molecule has 0 radical (unpaired) electrons. The van der Waals surface area contributed by atoms with Crippen LogP contribution in [0.15, 0.2) is 23.4 Å². The first kappa shape index (κ1) is 10.5. The summed E-state index contributed by atoms with van der Waals surface area (Å²) in [5.74, 6) is 0. The molecule has 2 aromatic rings. The van der Waals surface area contributed by atoms with Gasteiger partial charge in [-0.1, -0.05) is 6.58 Å². The number of pyridine rings is 1. The highest BCUT2D eigenvalue weighted by Crippen LogP contribution is 2.31. The van der Waals surface area contributed by atoms with Gasteiger partial charge in [-0.25, -0.2) is 9.44 Å². The summed E-state index contributed by atoms with van der Waals surface area (Å²) < 4.78 is 2.76. The molecule has 1 atom stereocenters. The summed E-state index contributed by atoms with van der Waals surface area (Å²) in [4.78, 5) is 4.19. The van der Waals surface area contributed by atoms with Crippen molar-refractivity contribution in [2.75, 3.05) is 0 Å². The van der Waals surface area contributed by atoms with Gasteiger partial charge in [0.15, 0.2) is 0 Å². The predicted octanol–water partition coefficient (Wildman–Crippen LogP) is 3.63. The van der Waals surface area contributed by atoms with E-state index in [0.29, 0.717) is 6.37 Å². The molecule has 0 saturated heterocycles. The van der Waals surface area contributed by atoms with Crippen molar-refractivity contribution in [1.29, 1.82) is 0 Å². The van der Waals surface area contributed by atoms with Crippen molar-refractivity contribution in [2.24, 2.45) is 0 Å². The van der Waals surface area contributed by atoms with Crippen molar-refractivity contribution in [3.05, 3.63) is 29.1 Å². The maximum atomic E-state index is 4.41. The Bertz CT molecular complexity index is 497. The van der Waals surface area contributed by atoms with Gasteiger partial charge >= 0.3 is 0 Å². The number of aromatic nitrogens is 3. The maximum absolute atomic E-state index is 4.41. The molecule has 6 heteroatoms. The van der Waals surface area contributed by atoms with E-state index >= 15 is 0 Å². The summed E-state index contributed by atoms with van der Waals surface area (Å²) in [5, 5.41) is 5.50. The van der Waals surface area contributed by atoms with Crippen LogP contribution in [-0.4, -0.2) is 14.5 Å². The van der Waals surface area contributed by atoms with Gasteiger partial charge in [0.1, 0.15) is 4.60 Å². The molecule has 0 aliphatic rings. The Balaban J connectivity index is 2.82. The lowest BCUT2D eigenvalue weighted by Crippen LogP contribution is -1.83. The first-order valence-electron chi connectivity index (χ1n) is 3.79. The Morgan fingerprint density at radius 1 is 1.64 bits per heavy atom. The molecule has 0 amide bonds. The van der Waals surface area contributed by atoms with Crippen LogP contribution in [0, 0.1) is 0 Å². The van der Waals surface area contributed by atoms with Crippen LogP contribution in [0.2, 0.25) is 0 Å². The average Bonchev–Trinajstić information content (AvgIpc) is 2.55. The van der Waals surface area contributed by atoms with E-state index in [0.717, 1.165) is 21.2 Å². The summed E-state index contributed by atoms with van der Waals surface area (Å²) in [6.07, 6.45) is 4.17. The number of fused-ring (bicyclic) bond motifs is 1. The summed E-state index contributed by atoms with van der Waals surface area (Å²) in [6.45, 7) is 3.75. The van der Waals surface area contributed by atoms with Crippen LogP contribution < -0.4 is 0 Å². The summed E-state index contributed by atoms with van der Waals surface area (Å²) in [6, 6.07) is 1.96. The van der Waals surface area contributed by atoms with Crippen LogP contribution in [0.3, 0.4) is 0 Å². The Morgan fingerprint density at radius 2 is 2.43 bits per heavy atom. The van der Waals surface area contributed by atoms with Crippen molar-refractivity contribution in [1.82, 2.24) is 14.5 Å². The van der Waals surface area contributed by atoms with E-state index in [1.807, 2.05) is 16.7 Å². The van der Waals surface area contributed by atoms with Gasteiger partial charge in [-0.3, -0.25) is 0 Å². The SMILES string of the molecule is C=Cc1nn(PI)c2cnc(Br)cc12. The van der Waals surface area contributed by atoms with Crippen LogP contribution >= 0.6 is 44.3 Å². The van der Waals surface area contributed by atoms with Gasteiger partial charge in [0, 0.05) is 5.39 Å². The second-order valence-electron chi connectivity index (χ2n) is 2.61. The number of hydrogen-bond donors (Lipinski definition) is 0. The molecule has 0 aliphatic heterocycles. The molecule has 0 N–H and O–H groups in total. The zero-order valence-electron chi connectivity index (χ0n) is 7.04. The van der Waals surface area contributed by atoms with E-state index in [1.165, 1.54) is 0 Å². The number of halogens is 2. The van der Waals surface area contributed by atoms with E-state index < -0.39 is 0 Å². The maximum Gasteiger partial charge on any atom is 0.106 e. The third-order valence-corrected chi connectivity index (χ3v) is 4.14. The molecule has 72 valence electrons. The smallest absolute Gasteiger partial charge is 0.106 e. The predicted molar refractivity (Wildman–Crippen MR) is 73.1 cm³/mol. The van der Waals surface area contributed by atoms with Crippen molar-refractivity contribution in [3.63, 3.8) is 0 Å². The molecule has 2 rings (SSSR count). The lowest BCUT2D eigenvalue weighted by atomic mass is 10.2. The third-order valence-electron chi connectivity index (χ3n) is 1.83. The summed E-state index contributed by atoms with van der Waals surface area (Å²) >= 11 is 5.64. The number of rotatable bonds is 2.